The zero-order valence-corrected chi connectivity index (χ0v) is 11.9. The van der Waals surface area contributed by atoms with Crippen LogP contribution in [0.25, 0.3) is 0 Å². The summed E-state index contributed by atoms with van der Waals surface area (Å²) in [5, 5.41) is 3.49. The van der Waals surface area contributed by atoms with Gasteiger partial charge < -0.3 is 10.1 Å². The third-order valence-corrected chi connectivity index (χ3v) is 4.39. The van der Waals surface area contributed by atoms with E-state index in [2.05, 4.69) is 36.5 Å². The minimum absolute atomic E-state index is 0.298. The van der Waals surface area contributed by atoms with Crippen molar-refractivity contribution in [2.45, 2.75) is 44.6 Å². The average Bonchev–Trinajstić information content (AvgIpc) is 3.30. The van der Waals surface area contributed by atoms with Crippen molar-refractivity contribution in [2.75, 3.05) is 19.7 Å². The zero-order valence-electron chi connectivity index (χ0n) is 11.9. The van der Waals surface area contributed by atoms with Crippen LogP contribution in [0.2, 0.25) is 0 Å². The van der Waals surface area contributed by atoms with Crippen LogP contribution in [0, 0.1) is 5.92 Å². The van der Waals surface area contributed by atoms with Crippen molar-refractivity contribution in [1.82, 2.24) is 5.32 Å². The van der Waals surface area contributed by atoms with Crippen molar-refractivity contribution in [3.8, 4) is 0 Å². The van der Waals surface area contributed by atoms with Crippen LogP contribution in [0.3, 0.4) is 0 Å². The lowest BCUT2D eigenvalue weighted by atomic mass is 9.88. The first-order chi connectivity index (χ1) is 9.38. The van der Waals surface area contributed by atoms with Crippen molar-refractivity contribution in [2.24, 2.45) is 5.92 Å². The summed E-state index contributed by atoms with van der Waals surface area (Å²) in [6.07, 6.45) is 5.53. The van der Waals surface area contributed by atoms with Crippen LogP contribution in [0.5, 0.6) is 0 Å². The molecule has 0 aromatic heterocycles. The van der Waals surface area contributed by atoms with Crippen molar-refractivity contribution in [3.05, 3.63) is 35.4 Å². The number of ether oxygens (including phenoxy) is 1. The summed E-state index contributed by atoms with van der Waals surface area (Å²) in [5.74, 6) is 1.46. The van der Waals surface area contributed by atoms with Gasteiger partial charge in [0.05, 0.1) is 6.10 Å². The van der Waals surface area contributed by atoms with E-state index in [1.165, 1.54) is 36.8 Å². The molecule has 1 N–H and O–H groups in total. The lowest BCUT2D eigenvalue weighted by Gasteiger charge is -2.32. The smallest absolute Gasteiger partial charge is 0.0865 e. The lowest BCUT2D eigenvalue weighted by Crippen LogP contribution is -2.31. The summed E-state index contributed by atoms with van der Waals surface area (Å²) in [6.45, 7) is 5.22. The molecule has 1 saturated carbocycles. The molecular formula is C17H25NO. The van der Waals surface area contributed by atoms with Gasteiger partial charge in [0, 0.05) is 19.1 Å². The summed E-state index contributed by atoms with van der Waals surface area (Å²) >= 11 is 0. The average molecular weight is 259 g/mol. The zero-order chi connectivity index (χ0) is 13.1. The minimum atomic E-state index is 0.298. The van der Waals surface area contributed by atoms with Gasteiger partial charge in [-0.3, -0.25) is 0 Å². The van der Waals surface area contributed by atoms with E-state index in [-0.39, 0.29) is 0 Å². The standard InChI is InChI=1S/C17H25NO/c1-2-18-12-16-7-4-10-19-17(16)15-6-3-5-14(11-15)13-8-9-13/h3,5-6,11,13,16-18H,2,4,7-10,12H2,1H3. The molecule has 3 rings (SSSR count). The van der Waals surface area contributed by atoms with E-state index < -0.39 is 0 Å². The summed E-state index contributed by atoms with van der Waals surface area (Å²) < 4.78 is 6.09. The van der Waals surface area contributed by atoms with Crippen LogP contribution in [-0.4, -0.2) is 19.7 Å². The Bertz CT molecular complexity index is 413. The molecule has 0 radical (unpaired) electrons. The molecule has 1 heterocycles. The largest absolute Gasteiger partial charge is 0.373 e. The van der Waals surface area contributed by atoms with Gasteiger partial charge in [0.1, 0.15) is 0 Å². The van der Waals surface area contributed by atoms with E-state index in [1.807, 2.05) is 0 Å². The molecule has 2 heteroatoms. The van der Waals surface area contributed by atoms with E-state index in [9.17, 15) is 0 Å². The Hall–Kier alpha value is -0.860. The van der Waals surface area contributed by atoms with Gasteiger partial charge in [-0.1, -0.05) is 31.2 Å². The predicted molar refractivity (Wildman–Crippen MR) is 78.4 cm³/mol. The highest BCUT2D eigenvalue weighted by molar-refractivity contribution is 5.31. The fourth-order valence-corrected chi connectivity index (χ4v) is 3.16. The topological polar surface area (TPSA) is 21.3 Å². The number of hydrogen-bond acceptors (Lipinski definition) is 2. The SMILES string of the molecule is CCNCC1CCCOC1c1cccc(C2CC2)c1. The molecule has 2 nitrogen and oxygen atoms in total. The first kappa shape index (κ1) is 13.1. The maximum Gasteiger partial charge on any atom is 0.0865 e. The number of hydrogen-bond donors (Lipinski definition) is 1. The van der Waals surface area contributed by atoms with E-state index >= 15 is 0 Å². The number of nitrogens with one attached hydrogen (secondary N) is 1. The highest BCUT2D eigenvalue weighted by Gasteiger charge is 2.29. The molecule has 1 aromatic rings. The summed E-state index contributed by atoms with van der Waals surface area (Å²) in [4.78, 5) is 0. The van der Waals surface area contributed by atoms with E-state index in [4.69, 9.17) is 4.74 Å². The molecule has 1 aliphatic carbocycles. The highest BCUT2D eigenvalue weighted by Crippen LogP contribution is 2.42. The van der Waals surface area contributed by atoms with E-state index in [0.717, 1.165) is 25.6 Å². The summed E-state index contributed by atoms with van der Waals surface area (Å²) in [7, 11) is 0. The normalized spacial score (nSPS) is 27.4. The molecule has 19 heavy (non-hydrogen) atoms. The predicted octanol–water partition coefficient (Wildman–Crippen LogP) is 3.64. The van der Waals surface area contributed by atoms with Gasteiger partial charge in [0.15, 0.2) is 0 Å². The molecule has 2 fully saturated rings. The maximum atomic E-state index is 6.09. The van der Waals surface area contributed by atoms with Gasteiger partial charge in [-0.25, -0.2) is 0 Å². The van der Waals surface area contributed by atoms with Crippen molar-refractivity contribution in [1.29, 1.82) is 0 Å². The quantitative estimate of drug-likeness (QED) is 0.871. The monoisotopic (exact) mass is 259 g/mol. The van der Waals surface area contributed by atoms with Gasteiger partial charge in [-0.2, -0.15) is 0 Å². The third-order valence-electron chi connectivity index (χ3n) is 4.39. The van der Waals surface area contributed by atoms with Crippen LogP contribution in [0.15, 0.2) is 24.3 Å². The fourth-order valence-electron chi connectivity index (χ4n) is 3.16. The minimum Gasteiger partial charge on any atom is -0.373 e. The van der Waals surface area contributed by atoms with Crippen LogP contribution in [0.1, 0.15) is 55.8 Å². The van der Waals surface area contributed by atoms with Crippen molar-refractivity contribution >= 4 is 0 Å². The first-order valence-corrected chi connectivity index (χ1v) is 7.80. The van der Waals surface area contributed by atoms with Crippen LogP contribution >= 0.6 is 0 Å². The lowest BCUT2D eigenvalue weighted by molar-refractivity contribution is -0.0276. The number of benzene rings is 1. The fraction of sp³-hybridized carbons (Fsp3) is 0.647. The van der Waals surface area contributed by atoms with Crippen LogP contribution in [0.4, 0.5) is 0 Å². The second-order valence-electron chi connectivity index (χ2n) is 5.95. The Labute approximate surface area is 116 Å². The Morgan fingerprint density at radius 3 is 2.84 bits per heavy atom. The van der Waals surface area contributed by atoms with Crippen molar-refractivity contribution in [3.63, 3.8) is 0 Å². The van der Waals surface area contributed by atoms with Crippen LogP contribution in [-0.2, 0) is 4.74 Å². The van der Waals surface area contributed by atoms with Gasteiger partial charge in [0.25, 0.3) is 0 Å². The van der Waals surface area contributed by atoms with E-state index in [0.29, 0.717) is 12.0 Å². The molecule has 2 aliphatic rings. The van der Waals surface area contributed by atoms with Crippen LogP contribution < -0.4 is 5.32 Å². The Morgan fingerprint density at radius 2 is 2.05 bits per heavy atom. The molecule has 0 bridgehead atoms. The van der Waals surface area contributed by atoms with E-state index in [1.54, 1.807) is 0 Å². The van der Waals surface area contributed by atoms with Crippen molar-refractivity contribution < 1.29 is 4.74 Å². The Morgan fingerprint density at radius 1 is 1.21 bits per heavy atom. The number of rotatable bonds is 5. The molecule has 0 amide bonds. The second kappa shape index (κ2) is 6.06. The second-order valence-corrected chi connectivity index (χ2v) is 5.95. The Kier molecular flexibility index (Phi) is 4.19. The van der Waals surface area contributed by atoms with Gasteiger partial charge in [-0.15, -0.1) is 0 Å². The molecule has 0 spiro atoms. The first-order valence-electron chi connectivity index (χ1n) is 7.80. The highest BCUT2D eigenvalue weighted by atomic mass is 16.5. The molecule has 2 unspecified atom stereocenters. The Balaban J connectivity index is 1.75. The molecule has 1 aromatic carbocycles. The molecule has 2 atom stereocenters. The maximum absolute atomic E-state index is 6.09. The molecular weight excluding hydrogens is 234 g/mol. The third kappa shape index (κ3) is 3.18. The summed E-state index contributed by atoms with van der Waals surface area (Å²) in [6, 6.07) is 9.14. The molecule has 104 valence electrons. The molecule has 1 aliphatic heterocycles. The molecule has 1 saturated heterocycles. The van der Waals surface area contributed by atoms with Gasteiger partial charge in [0.2, 0.25) is 0 Å². The summed E-state index contributed by atoms with van der Waals surface area (Å²) in [5.41, 5.74) is 2.92. The van der Waals surface area contributed by atoms with Gasteiger partial charge >= 0.3 is 0 Å². The van der Waals surface area contributed by atoms with Gasteiger partial charge in [-0.05, 0) is 49.3 Å².